The number of sulfonamides is 1. The van der Waals surface area contributed by atoms with E-state index in [0.717, 1.165) is 32.4 Å². The van der Waals surface area contributed by atoms with Crippen LogP contribution in [0.5, 0.6) is 0 Å². The third-order valence-electron chi connectivity index (χ3n) is 6.41. The van der Waals surface area contributed by atoms with Gasteiger partial charge in [0.05, 0.1) is 4.90 Å². The Morgan fingerprint density at radius 3 is 2.20 bits per heavy atom. The van der Waals surface area contributed by atoms with Gasteiger partial charge < -0.3 is 9.80 Å². The third-order valence-corrected chi connectivity index (χ3v) is 7.95. The number of hydrogen-bond donors (Lipinski definition) is 1. The summed E-state index contributed by atoms with van der Waals surface area (Å²) in [5.41, 5.74) is 0.481. The van der Waals surface area contributed by atoms with E-state index < -0.39 is 10.0 Å². The Balaban J connectivity index is 1.32. The van der Waals surface area contributed by atoms with Crippen LogP contribution in [0.3, 0.4) is 0 Å². The molecule has 0 aromatic heterocycles. The number of amides is 2. The molecule has 4 rings (SSSR count). The van der Waals surface area contributed by atoms with Gasteiger partial charge in [0, 0.05) is 43.7 Å². The topological polar surface area (TPSA) is 86.8 Å². The molecule has 30 heavy (non-hydrogen) atoms. The molecule has 2 amide bonds. The molecule has 3 fully saturated rings. The number of carbonyl (C=O) groups excluding carboxylic acids is 2. The summed E-state index contributed by atoms with van der Waals surface area (Å²) >= 11 is 0. The molecule has 1 N–H and O–H groups in total. The van der Waals surface area contributed by atoms with Crippen LogP contribution in [0.2, 0.25) is 0 Å². The second kappa shape index (κ2) is 8.67. The van der Waals surface area contributed by atoms with E-state index in [1.807, 2.05) is 4.90 Å². The van der Waals surface area contributed by atoms with Gasteiger partial charge in [-0.3, -0.25) is 9.59 Å². The molecule has 2 heterocycles. The zero-order chi connectivity index (χ0) is 21.3. The number of benzene rings is 1. The Morgan fingerprint density at radius 1 is 0.933 bits per heavy atom. The quantitative estimate of drug-likeness (QED) is 0.772. The van der Waals surface area contributed by atoms with Crippen molar-refractivity contribution in [1.82, 2.24) is 14.5 Å². The highest BCUT2D eigenvalue weighted by molar-refractivity contribution is 7.89. The van der Waals surface area contributed by atoms with Crippen molar-refractivity contribution in [2.75, 3.05) is 26.2 Å². The first kappa shape index (κ1) is 21.3. The lowest BCUT2D eigenvalue weighted by atomic mass is 9.92. The minimum absolute atomic E-state index is 0.000340. The SMILES string of the molecule is CC1CCCN(C(=O)C2CCN(C(=O)c3ccc(S(=O)(=O)NC4CC4)cc3)CC2)C1. The molecule has 0 radical (unpaired) electrons. The number of hydrogen-bond acceptors (Lipinski definition) is 4. The summed E-state index contributed by atoms with van der Waals surface area (Å²) in [4.78, 5) is 29.6. The fourth-order valence-electron chi connectivity index (χ4n) is 4.43. The number of nitrogens with zero attached hydrogens (tertiary/aromatic N) is 2. The van der Waals surface area contributed by atoms with Crippen LogP contribution in [0.1, 0.15) is 55.8 Å². The maximum atomic E-state index is 12.8. The number of nitrogens with one attached hydrogen (secondary N) is 1. The summed E-state index contributed by atoms with van der Waals surface area (Å²) in [6.07, 6.45) is 5.40. The minimum Gasteiger partial charge on any atom is -0.342 e. The van der Waals surface area contributed by atoms with Gasteiger partial charge in [0.2, 0.25) is 15.9 Å². The maximum absolute atomic E-state index is 12.8. The first-order chi connectivity index (χ1) is 14.3. The average molecular weight is 434 g/mol. The molecule has 7 nitrogen and oxygen atoms in total. The van der Waals surface area contributed by atoms with Gasteiger partial charge in [-0.15, -0.1) is 0 Å². The summed E-state index contributed by atoms with van der Waals surface area (Å²) < 4.78 is 27.2. The van der Waals surface area contributed by atoms with E-state index in [9.17, 15) is 18.0 Å². The van der Waals surface area contributed by atoms with Gasteiger partial charge in [-0.1, -0.05) is 6.92 Å². The molecule has 2 saturated heterocycles. The van der Waals surface area contributed by atoms with E-state index in [2.05, 4.69) is 11.6 Å². The molecule has 1 saturated carbocycles. The zero-order valence-corrected chi connectivity index (χ0v) is 18.4. The fourth-order valence-corrected chi connectivity index (χ4v) is 5.73. The molecule has 2 aliphatic heterocycles. The van der Waals surface area contributed by atoms with Crippen molar-refractivity contribution in [3.05, 3.63) is 29.8 Å². The van der Waals surface area contributed by atoms with Gasteiger partial charge in [-0.2, -0.15) is 0 Å². The van der Waals surface area contributed by atoms with E-state index in [0.29, 0.717) is 37.4 Å². The van der Waals surface area contributed by atoms with Crippen LogP contribution >= 0.6 is 0 Å². The summed E-state index contributed by atoms with van der Waals surface area (Å²) in [5, 5.41) is 0. The molecule has 0 bridgehead atoms. The fraction of sp³-hybridized carbons (Fsp3) is 0.636. The lowest BCUT2D eigenvalue weighted by Crippen LogP contribution is -2.47. The molecule has 8 heteroatoms. The maximum Gasteiger partial charge on any atom is 0.253 e. The Labute approximate surface area is 178 Å². The van der Waals surface area contributed by atoms with E-state index in [4.69, 9.17) is 0 Å². The van der Waals surface area contributed by atoms with Gasteiger partial charge in [0.15, 0.2) is 0 Å². The molecule has 3 aliphatic rings. The highest BCUT2D eigenvalue weighted by atomic mass is 32.2. The Kier molecular flexibility index (Phi) is 6.16. The van der Waals surface area contributed by atoms with Crippen LogP contribution in [0, 0.1) is 11.8 Å². The first-order valence-corrected chi connectivity index (χ1v) is 12.5. The number of piperidine rings is 2. The van der Waals surface area contributed by atoms with Gasteiger partial charge in [0.25, 0.3) is 5.91 Å². The normalized spacial score (nSPS) is 23.4. The van der Waals surface area contributed by atoms with Crippen molar-refractivity contribution in [2.45, 2.75) is 56.4 Å². The van der Waals surface area contributed by atoms with Gasteiger partial charge >= 0.3 is 0 Å². The van der Waals surface area contributed by atoms with Gasteiger partial charge in [-0.05, 0) is 68.7 Å². The predicted molar refractivity (Wildman–Crippen MR) is 113 cm³/mol. The molecule has 1 atom stereocenters. The Morgan fingerprint density at radius 2 is 1.60 bits per heavy atom. The zero-order valence-electron chi connectivity index (χ0n) is 17.5. The lowest BCUT2D eigenvalue weighted by molar-refractivity contribution is -0.138. The third kappa shape index (κ3) is 4.86. The van der Waals surface area contributed by atoms with E-state index in [1.165, 1.54) is 18.6 Å². The highest BCUT2D eigenvalue weighted by Gasteiger charge is 2.32. The van der Waals surface area contributed by atoms with Crippen LogP contribution in [0.4, 0.5) is 0 Å². The van der Waals surface area contributed by atoms with Crippen LogP contribution < -0.4 is 4.72 Å². The number of rotatable bonds is 5. The Bertz CT molecular complexity index is 887. The van der Waals surface area contributed by atoms with Crippen LogP contribution in [0.25, 0.3) is 0 Å². The van der Waals surface area contributed by atoms with Crippen molar-refractivity contribution in [1.29, 1.82) is 0 Å². The largest absolute Gasteiger partial charge is 0.342 e. The number of likely N-dealkylation sites (tertiary alicyclic amines) is 2. The molecule has 1 aromatic rings. The minimum atomic E-state index is -3.51. The van der Waals surface area contributed by atoms with Crippen molar-refractivity contribution in [2.24, 2.45) is 11.8 Å². The summed E-state index contributed by atoms with van der Waals surface area (Å²) in [7, 11) is -3.51. The summed E-state index contributed by atoms with van der Waals surface area (Å²) in [6.45, 7) is 5.01. The first-order valence-electron chi connectivity index (χ1n) is 11.0. The van der Waals surface area contributed by atoms with Gasteiger partial charge in [0.1, 0.15) is 0 Å². The molecule has 1 aromatic carbocycles. The summed E-state index contributed by atoms with van der Waals surface area (Å²) in [5.74, 6) is 0.703. The molecule has 1 unspecified atom stereocenters. The van der Waals surface area contributed by atoms with E-state index in [1.54, 1.807) is 17.0 Å². The predicted octanol–water partition coefficient (Wildman–Crippen LogP) is 2.24. The monoisotopic (exact) mass is 433 g/mol. The standard InChI is InChI=1S/C22H31N3O4S/c1-16-3-2-12-25(15-16)22(27)18-10-13-24(14-11-18)21(26)17-4-8-20(9-5-17)30(28,29)23-19-6-7-19/h4-5,8-9,16,18-19,23H,2-3,6-7,10-15H2,1H3. The Hall–Kier alpha value is -1.93. The molecular formula is C22H31N3O4S. The second-order valence-corrected chi connectivity index (χ2v) is 10.7. The van der Waals surface area contributed by atoms with Crippen LogP contribution in [-0.2, 0) is 14.8 Å². The lowest BCUT2D eigenvalue weighted by Gasteiger charge is -2.37. The van der Waals surface area contributed by atoms with E-state index >= 15 is 0 Å². The molecule has 1 aliphatic carbocycles. The van der Waals surface area contributed by atoms with Gasteiger partial charge in [-0.25, -0.2) is 13.1 Å². The number of carbonyl (C=O) groups is 2. The highest BCUT2D eigenvalue weighted by Crippen LogP contribution is 2.25. The van der Waals surface area contributed by atoms with Crippen molar-refractivity contribution >= 4 is 21.8 Å². The summed E-state index contributed by atoms with van der Waals surface area (Å²) in [6, 6.07) is 6.19. The van der Waals surface area contributed by atoms with Crippen molar-refractivity contribution in [3.8, 4) is 0 Å². The molecule has 164 valence electrons. The molecule has 0 spiro atoms. The second-order valence-electron chi connectivity index (χ2n) is 9.02. The van der Waals surface area contributed by atoms with Crippen molar-refractivity contribution in [3.63, 3.8) is 0 Å². The van der Waals surface area contributed by atoms with Crippen LogP contribution in [0.15, 0.2) is 29.2 Å². The smallest absolute Gasteiger partial charge is 0.253 e. The van der Waals surface area contributed by atoms with Crippen molar-refractivity contribution < 1.29 is 18.0 Å². The molecular weight excluding hydrogens is 402 g/mol. The average Bonchev–Trinajstić information content (AvgIpc) is 3.56. The van der Waals surface area contributed by atoms with E-state index in [-0.39, 0.29) is 28.7 Å². The van der Waals surface area contributed by atoms with Crippen LogP contribution in [-0.4, -0.2) is 62.3 Å².